The van der Waals surface area contributed by atoms with Gasteiger partial charge < -0.3 is 100.0 Å². The lowest BCUT2D eigenvalue weighted by Gasteiger charge is -2.64. The third-order valence-corrected chi connectivity index (χ3v) is 19.0. The van der Waals surface area contributed by atoms with Crippen LogP contribution < -0.4 is 10.6 Å². The molecule has 8 rings (SSSR count). The van der Waals surface area contributed by atoms with Gasteiger partial charge in [0.25, 0.3) is 0 Å². The van der Waals surface area contributed by atoms with Crippen molar-refractivity contribution in [2.75, 3.05) is 26.9 Å². The molecule has 1 aromatic carbocycles. The summed E-state index contributed by atoms with van der Waals surface area (Å²) in [5.74, 6) is -3.57. The van der Waals surface area contributed by atoms with Crippen LogP contribution in [-0.4, -0.2) is 217 Å². The minimum absolute atomic E-state index is 0.0271. The first-order valence-electron chi connectivity index (χ1n) is 26.8. The third-order valence-electron chi connectivity index (χ3n) is 19.0. The van der Waals surface area contributed by atoms with Gasteiger partial charge in [0, 0.05) is 11.8 Å². The largest absolute Gasteiger partial charge is 0.481 e. The Kier molecular flexibility index (Phi) is 17.9. The fourth-order valence-corrected chi connectivity index (χ4v) is 15.1. The summed E-state index contributed by atoms with van der Waals surface area (Å²) in [5, 5.41) is 123. The second kappa shape index (κ2) is 23.1. The van der Waals surface area contributed by atoms with Gasteiger partial charge >= 0.3 is 11.9 Å². The number of aliphatic hydroxyl groups excluding tert-OH is 10. The highest BCUT2D eigenvalue weighted by molar-refractivity contribution is 5.94. The first-order valence-corrected chi connectivity index (χ1v) is 26.8. The molecule has 4 aliphatic carbocycles. The van der Waals surface area contributed by atoms with Crippen LogP contribution in [-0.2, 0) is 58.8 Å². The van der Waals surface area contributed by atoms with E-state index in [1.54, 1.807) is 30.3 Å². The molecule has 0 aromatic heterocycles. The van der Waals surface area contributed by atoms with Crippen molar-refractivity contribution in [2.24, 2.45) is 33.5 Å². The van der Waals surface area contributed by atoms with Crippen LogP contribution >= 0.6 is 0 Å². The van der Waals surface area contributed by atoms with Crippen molar-refractivity contribution in [3.8, 4) is 0 Å². The maximum absolute atomic E-state index is 14.9. The standard InChI is InChI=1S/C53H80N2O22/c1-49(2)23-52-16-12-31-50(3,14-9-15-51(31,4)48(70)55-26(19-33(59)60)43(68)54-27(44(69)71-5)18-25-10-7-6-8-11-25)32(52)13-17-53(49,24-52)77-47-42(76-46-40(67)38(65)35(62)29(21-57)73-46)41(36(63)30(22-58)74-47)75-45-39(66)37(64)34(61)28(20-56)72-45/h6-8,10-11,26-32,34-42,45-47,56-58,61-67H,9,12-24H2,1-5H3,(H,54,68)(H,55,70)(H,59,60)/t26-,27-,28+,29+,30+,31-,32-,34+,35+,36+,37-,38-,39+,40+,41-,42+,45-,46-,47-,50+,51+,52+,53-/m0/s1. The van der Waals surface area contributed by atoms with E-state index in [2.05, 4.69) is 31.4 Å². The number of methoxy groups -OCH3 is 1. The summed E-state index contributed by atoms with van der Waals surface area (Å²) in [6, 6.07) is 6.22. The van der Waals surface area contributed by atoms with Crippen molar-refractivity contribution in [3.05, 3.63) is 35.9 Å². The molecule has 7 fully saturated rings. The summed E-state index contributed by atoms with van der Waals surface area (Å²) >= 11 is 0. The lowest BCUT2D eigenvalue weighted by atomic mass is 9.40. The zero-order valence-electron chi connectivity index (χ0n) is 44.2. The molecule has 77 heavy (non-hydrogen) atoms. The van der Waals surface area contributed by atoms with Gasteiger partial charge in [-0.05, 0) is 85.0 Å². The van der Waals surface area contributed by atoms with Gasteiger partial charge in [0.15, 0.2) is 18.9 Å². The Balaban J connectivity index is 1.06. The molecular weight excluding hydrogens is 1020 g/mol. The number of amides is 2. The molecule has 3 saturated heterocycles. The predicted molar refractivity (Wildman–Crippen MR) is 262 cm³/mol. The fourth-order valence-electron chi connectivity index (χ4n) is 15.1. The van der Waals surface area contributed by atoms with E-state index >= 15 is 0 Å². The molecule has 434 valence electrons. The molecule has 2 amide bonds. The number of aliphatic carboxylic acids is 1. The van der Waals surface area contributed by atoms with Crippen LogP contribution in [0.1, 0.15) is 97.5 Å². The first-order chi connectivity index (χ1) is 36.3. The van der Waals surface area contributed by atoms with Crippen LogP contribution in [0.2, 0.25) is 0 Å². The van der Waals surface area contributed by atoms with Crippen molar-refractivity contribution >= 4 is 23.8 Å². The second-order valence-electron chi connectivity index (χ2n) is 23.9. The van der Waals surface area contributed by atoms with Crippen LogP contribution in [0.3, 0.4) is 0 Å². The molecule has 3 aliphatic heterocycles. The molecule has 4 saturated carbocycles. The quantitative estimate of drug-likeness (QED) is 0.0552. The molecule has 1 spiro atoms. The van der Waals surface area contributed by atoms with E-state index in [0.29, 0.717) is 51.4 Å². The molecule has 1 aromatic rings. The van der Waals surface area contributed by atoms with Crippen molar-refractivity contribution in [1.82, 2.24) is 10.6 Å². The number of esters is 1. The summed E-state index contributed by atoms with van der Waals surface area (Å²) < 4.78 is 42.5. The van der Waals surface area contributed by atoms with Crippen LogP contribution in [0.25, 0.3) is 0 Å². The van der Waals surface area contributed by atoms with E-state index < -0.39 is 176 Å². The zero-order valence-corrected chi connectivity index (χ0v) is 44.2. The van der Waals surface area contributed by atoms with Crippen molar-refractivity contribution in [2.45, 2.75) is 208 Å². The molecular formula is C53H80N2O22. The molecule has 13 N–H and O–H groups in total. The Bertz CT molecular complexity index is 2240. The van der Waals surface area contributed by atoms with Gasteiger partial charge in [-0.2, -0.15) is 0 Å². The summed E-state index contributed by atoms with van der Waals surface area (Å²) in [5.41, 5.74) is -2.84. The maximum Gasteiger partial charge on any atom is 0.328 e. The zero-order chi connectivity index (χ0) is 56.2. The molecule has 24 nitrogen and oxygen atoms in total. The number of rotatable bonds is 18. The van der Waals surface area contributed by atoms with Crippen LogP contribution in [0, 0.1) is 33.5 Å². The van der Waals surface area contributed by atoms with Crippen molar-refractivity contribution < 1.29 is 109 Å². The van der Waals surface area contributed by atoms with Crippen LogP contribution in [0.4, 0.5) is 0 Å². The SMILES string of the molecule is COC(=O)[C@H](Cc1ccccc1)NC(=O)[C@H](CC(=O)O)NC(=O)[C@]1(C)CCC[C@@]2(C)[C@@H]3CC[C@]4(O[C@@H]5O[C@H](CO)[C@@H](O)[C@H](O[C@@H]6O[C@H](CO)[C@@H](O)[C@H](O)[C@H]6O)[C@H]5O[C@@H]5O[C@H](CO)[C@@H](O)[C@H](O)[C@H]5O)C[C@@]3(CC[C@@H]21)CC4(C)C. The lowest BCUT2D eigenvalue weighted by molar-refractivity contribution is -0.404. The number of carboxylic acids is 1. The highest BCUT2D eigenvalue weighted by Crippen LogP contribution is 2.76. The highest BCUT2D eigenvalue weighted by Gasteiger charge is 2.72. The number of carbonyl (C=O) groups excluding carboxylic acids is 3. The number of benzene rings is 1. The lowest BCUT2D eigenvalue weighted by Crippen LogP contribution is -2.68. The first kappa shape index (κ1) is 59.6. The second-order valence-corrected chi connectivity index (χ2v) is 23.9. The number of hydrogen-bond acceptors (Lipinski definition) is 21. The van der Waals surface area contributed by atoms with E-state index in [0.717, 1.165) is 12.0 Å². The third kappa shape index (κ3) is 11.0. The Labute approximate surface area is 446 Å². The average Bonchev–Trinajstić information content (AvgIpc) is 3.73. The molecule has 24 heteroatoms. The summed E-state index contributed by atoms with van der Waals surface area (Å²) in [6.07, 6.45) is -21.6. The average molecular weight is 1100 g/mol. The monoisotopic (exact) mass is 1100 g/mol. The van der Waals surface area contributed by atoms with Crippen molar-refractivity contribution in [3.63, 3.8) is 0 Å². The van der Waals surface area contributed by atoms with Gasteiger partial charge in [0.1, 0.15) is 85.3 Å². The minimum Gasteiger partial charge on any atom is -0.481 e. The van der Waals surface area contributed by atoms with Gasteiger partial charge in [-0.1, -0.05) is 64.4 Å². The van der Waals surface area contributed by atoms with E-state index in [4.69, 9.17) is 33.2 Å². The Hall–Kier alpha value is -3.54. The Morgan fingerprint density at radius 3 is 1.78 bits per heavy atom. The summed E-state index contributed by atoms with van der Waals surface area (Å²) in [6.45, 7) is 5.78. The summed E-state index contributed by atoms with van der Waals surface area (Å²) in [7, 11) is 1.18. The van der Waals surface area contributed by atoms with E-state index in [1.807, 2.05) is 6.92 Å². The fraction of sp³-hybridized carbons (Fsp3) is 0.811. The van der Waals surface area contributed by atoms with E-state index in [-0.39, 0.29) is 23.7 Å². The van der Waals surface area contributed by atoms with Gasteiger partial charge in [0.05, 0.1) is 39.0 Å². The van der Waals surface area contributed by atoms with E-state index in [1.165, 1.54) is 7.11 Å². The molecule has 0 radical (unpaired) electrons. The van der Waals surface area contributed by atoms with Crippen molar-refractivity contribution in [1.29, 1.82) is 0 Å². The minimum atomic E-state index is -1.96. The smallest absolute Gasteiger partial charge is 0.328 e. The molecule has 3 heterocycles. The number of aliphatic hydroxyl groups is 10. The molecule has 0 unspecified atom stereocenters. The Morgan fingerprint density at radius 2 is 1.21 bits per heavy atom. The topological polar surface area (TPSA) is 379 Å². The van der Waals surface area contributed by atoms with E-state index in [9.17, 15) is 75.3 Å². The predicted octanol–water partition coefficient (Wildman–Crippen LogP) is -2.13. The number of carbonyl (C=O) groups is 4. The number of ether oxygens (including phenoxy) is 7. The molecule has 2 bridgehead atoms. The van der Waals surface area contributed by atoms with Crippen LogP contribution in [0.5, 0.6) is 0 Å². The number of fused-ring (bicyclic) bond motifs is 3. The normalized spacial score (nSPS) is 44.2. The van der Waals surface area contributed by atoms with Gasteiger partial charge in [-0.3, -0.25) is 14.4 Å². The summed E-state index contributed by atoms with van der Waals surface area (Å²) in [4.78, 5) is 53.9. The molecule has 23 atom stereocenters. The van der Waals surface area contributed by atoms with Crippen LogP contribution in [0.15, 0.2) is 30.3 Å². The van der Waals surface area contributed by atoms with Gasteiger partial charge in [-0.25, -0.2) is 4.79 Å². The molecule has 7 aliphatic rings. The van der Waals surface area contributed by atoms with Gasteiger partial charge in [0.2, 0.25) is 11.8 Å². The Morgan fingerprint density at radius 1 is 0.649 bits per heavy atom. The van der Waals surface area contributed by atoms with Gasteiger partial charge in [-0.15, -0.1) is 0 Å². The number of hydrogen-bond donors (Lipinski definition) is 13. The highest BCUT2D eigenvalue weighted by atomic mass is 16.8. The maximum atomic E-state index is 14.9. The number of carboxylic acid groups (broad SMARTS) is 1. The number of nitrogens with one attached hydrogen (secondary N) is 2.